The first kappa shape index (κ1) is 20.1. The Morgan fingerprint density at radius 3 is 2.69 bits per heavy atom. The van der Waals surface area contributed by atoms with Crippen LogP contribution in [0.25, 0.3) is 0 Å². The van der Waals surface area contributed by atoms with Crippen LogP contribution in [-0.2, 0) is 11.2 Å². The van der Waals surface area contributed by atoms with Gasteiger partial charge in [-0.2, -0.15) is 0 Å². The summed E-state index contributed by atoms with van der Waals surface area (Å²) in [6.07, 6.45) is 3.39. The summed E-state index contributed by atoms with van der Waals surface area (Å²) in [5.41, 5.74) is 1.85. The fraction of sp³-hybridized carbons (Fsp3) is 0.455. The van der Waals surface area contributed by atoms with Crippen LogP contribution in [0.2, 0.25) is 5.02 Å². The monoisotopic (exact) mass is 415 g/mol. The Hall–Kier alpha value is -2.15. The van der Waals surface area contributed by atoms with E-state index in [0.29, 0.717) is 42.8 Å². The van der Waals surface area contributed by atoms with Gasteiger partial charge in [0.25, 0.3) is 5.91 Å². The molecule has 29 heavy (non-hydrogen) atoms. The lowest BCUT2D eigenvalue weighted by Gasteiger charge is -2.34. The highest BCUT2D eigenvalue weighted by atomic mass is 35.5. The zero-order valence-corrected chi connectivity index (χ0v) is 17.2. The van der Waals surface area contributed by atoms with Crippen molar-refractivity contribution in [2.45, 2.75) is 18.9 Å². The third-order valence-corrected chi connectivity index (χ3v) is 5.71. The van der Waals surface area contributed by atoms with E-state index in [1.807, 2.05) is 11.0 Å². The Kier molecular flexibility index (Phi) is 6.64. The number of nitrogens with zero attached hydrogens (tertiary/aromatic N) is 3. The van der Waals surface area contributed by atoms with E-state index in [0.717, 1.165) is 32.5 Å². The van der Waals surface area contributed by atoms with Crippen LogP contribution in [-0.4, -0.2) is 72.7 Å². The third kappa shape index (κ3) is 5.26. The van der Waals surface area contributed by atoms with Gasteiger partial charge in [0.2, 0.25) is 5.88 Å². The molecule has 7 heteroatoms. The standard InChI is InChI=1S/C22H26ClN3O3/c23-20-14-18(15-24-21(20)29-19-7-13-28-16-19)22(27)26-11-9-25(10-12-26)8-6-17-4-2-1-3-5-17/h1-5,14-15,19H,6-13,16H2. The number of hydrogen-bond donors (Lipinski definition) is 0. The molecule has 1 aromatic carbocycles. The number of piperazine rings is 1. The van der Waals surface area contributed by atoms with Gasteiger partial charge in [0.05, 0.1) is 18.8 Å². The van der Waals surface area contributed by atoms with E-state index in [2.05, 4.69) is 34.1 Å². The first-order valence-corrected chi connectivity index (χ1v) is 10.5. The van der Waals surface area contributed by atoms with E-state index in [1.54, 1.807) is 12.3 Å². The van der Waals surface area contributed by atoms with Crippen LogP contribution in [0.3, 0.4) is 0 Å². The van der Waals surface area contributed by atoms with Gasteiger partial charge in [-0.1, -0.05) is 41.9 Å². The number of aromatic nitrogens is 1. The van der Waals surface area contributed by atoms with E-state index in [1.165, 1.54) is 5.56 Å². The molecule has 4 rings (SSSR count). The van der Waals surface area contributed by atoms with Crippen LogP contribution in [0.4, 0.5) is 0 Å². The predicted octanol–water partition coefficient (Wildman–Crippen LogP) is 2.90. The second-order valence-electron chi connectivity index (χ2n) is 7.48. The van der Waals surface area contributed by atoms with Crippen molar-refractivity contribution in [2.75, 3.05) is 45.9 Å². The Morgan fingerprint density at radius 1 is 1.21 bits per heavy atom. The van der Waals surface area contributed by atoms with Crippen molar-refractivity contribution in [3.05, 3.63) is 58.7 Å². The molecule has 1 unspecified atom stereocenters. The molecule has 2 fully saturated rings. The lowest BCUT2D eigenvalue weighted by atomic mass is 10.1. The molecule has 2 aromatic rings. The number of benzene rings is 1. The summed E-state index contributed by atoms with van der Waals surface area (Å²) < 4.78 is 11.1. The first-order valence-electron chi connectivity index (χ1n) is 10.1. The quantitative estimate of drug-likeness (QED) is 0.726. The first-order chi connectivity index (χ1) is 14.2. The highest BCUT2D eigenvalue weighted by Gasteiger charge is 2.24. The molecule has 0 spiro atoms. The summed E-state index contributed by atoms with van der Waals surface area (Å²) >= 11 is 6.31. The van der Waals surface area contributed by atoms with E-state index < -0.39 is 0 Å². The molecule has 0 bridgehead atoms. The Balaban J connectivity index is 1.28. The van der Waals surface area contributed by atoms with Crippen LogP contribution in [0.15, 0.2) is 42.6 Å². The predicted molar refractivity (Wildman–Crippen MR) is 112 cm³/mol. The zero-order valence-electron chi connectivity index (χ0n) is 16.4. The fourth-order valence-corrected chi connectivity index (χ4v) is 3.89. The molecular formula is C22H26ClN3O3. The highest BCUT2D eigenvalue weighted by Crippen LogP contribution is 2.25. The summed E-state index contributed by atoms with van der Waals surface area (Å²) in [4.78, 5) is 21.4. The van der Waals surface area contributed by atoms with Gasteiger partial charge in [0.15, 0.2) is 0 Å². The number of hydrogen-bond acceptors (Lipinski definition) is 5. The average Bonchev–Trinajstić information content (AvgIpc) is 3.27. The van der Waals surface area contributed by atoms with Crippen molar-refractivity contribution >= 4 is 17.5 Å². The Morgan fingerprint density at radius 2 is 2.00 bits per heavy atom. The highest BCUT2D eigenvalue weighted by molar-refractivity contribution is 6.32. The van der Waals surface area contributed by atoms with Crippen molar-refractivity contribution in [1.29, 1.82) is 0 Å². The van der Waals surface area contributed by atoms with Crippen molar-refractivity contribution < 1.29 is 14.3 Å². The minimum atomic E-state index is -0.0298. The molecule has 0 aliphatic carbocycles. The molecule has 2 aliphatic heterocycles. The smallest absolute Gasteiger partial charge is 0.255 e. The zero-order chi connectivity index (χ0) is 20.1. The summed E-state index contributed by atoms with van der Waals surface area (Å²) in [6.45, 7) is 5.43. The second-order valence-corrected chi connectivity index (χ2v) is 7.89. The summed E-state index contributed by atoms with van der Waals surface area (Å²) in [5.74, 6) is 0.335. The number of pyridine rings is 1. The topological polar surface area (TPSA) is 54.9 Å². The maximum atomic E-state index is 12.8. The molecule has 6 nitrogen and oxygen atoms in total. The van der Waals surface area contributed by atoms with E-state index in [4.69, 9.17) is 21.1 Å². The van der Waals surface area contributed by atoms with Crippen LogP contribution in [0.1, 0.15) is 22.3 Å². The van der Waals surface area contributed by atoms with Crippen LogP contribution < -0.4 is 4.74 Å². The lowest BCUT2D eigenvalue weighted by molar-refractivity contribution is 0.0638. The van der Waals surface area contributed by atoms with Crippen molar-refractivity contribution in [1.82, 2.24) is 14.8 Å². The molecule has 0 N–H and O–H groups in total. The number of amides is 1. The second kappa shape index (κ2) is 9.57. The van der Waals surface area contributed by atoms with Crippen molar-refractivity contribution in [3.8, 4) is 5.88 Å². The van der Waals surface area contributed by atoms with Gasteiger partial charge in [-0.05, 0) is 18.1 Å². The molecule has 2 aliphatic rings. The van der Waals surface area contributed by atoms with Gasteiger partial charge in [-0.15, -0.1) is 0 Å². The Bertz CT molecular complexity index is 819. The minimum absolute atomic E-state index is 0.0227. The van der Waals surface area contributed by atoms with Crippen molar-refractivity contribution in [3.63, 3.8) is 0 Å². The maximum Gasteiger partial charge on any atom is 0.255 e. The third-order valence-electron chi connectivity index (χ3n) is 5.44. The summed E-state index contributed by atoms with van der Waals surface area (Å²) in [5, 5.41) is 0.365. The molecule has 0 saturated carbocycles. The minimum Gasteiger partial charge on any atom is -0.471 e. The number of rotatable bonds is 6. The van der Waals surface area contributed by atoms with Gasteiger partial charge in [0.1, 0.15) is 11.1 Å². The normalized spacial score (nSPS) is 20.0. The van der Waals surface area contributed by atoms with Gasteiger partial charge in [-0.3, -0.25) is 9.69 Å². The number of halogens is 1. The SMILES string of the molecule is O=C(c1cnc(OC2CCOC2)c(Cl)c1)N1CCN(CCc2ccccc2)CC1. The molecular weight excluding hydrogens is 390 g/mol. The summed E-state index contributed by atoms with van der Waals surface area (Å²) in [7, 11) is 0. The fourth-order valence-electron chi connectivity index (χ4n) is 3.68. The number of ether oxygens (including phenoxy) is 2. The van der Waals surface area contributed by atoms with E-state index in [-0.39, 0.29) is 12.0 Å². The van der Waals surface area contributed by atoms with E-state index in [9.17, 15) is 4.79 Å². The molecule has 1 atom stereocenters. The van der Waals surface area contributed by atoms with Gasteiger partial charge in [-0.25, -0.2) is 4.98 Å². The van der Waals surface area contributed by atoms with Crippen LogP contribution in [0.5, 0.6) is 5.88 Å². The molecule has 0 radical (unpaired) electrons. The van der Waals surface area contributed by atoms with Gasteiger partial charge >= 0.3 is 0 Å². The Labute approximate surface area is 176 Å². The number of carbonyl (C=O) groups is 1. The molecule has 154 valence electrons. The largest absolute Gasteiger partial charge is 0.471 e. The molecule has 1 aromatic heterocycles. The number of carbonyl (C=O) groups excluding carboxylic acids is 1. The molecule has 2 saturated heterocycles. The van der Waals surface area contributed by atoms with Gasteiger partial charge in [0, 0.05) is 45.3 Å². The summed E-state index contributed by atoms with van der Waals surface area (Å²) in [6, 6.07) is 12.2. The average molecular weight is 416 g/mol. The van der Waals surface area contributed by atoms with Gasteiger partial charge < -0.3 is 14.4 Å². The van der Waals surface area contributed by atoms with E-state index >= 15 is 0 Å². The maximum absolute atomic E-state index is 12.8. The molecule has 1 amide bonds. The van der Waals surface area contributed by atoms with Crippen molar-refractivity contribution in [2.24, 2.45) is 0 Å². The molecule has 3 heterocycles. The van der Waals surface area contributed by atoms with Crippen LogP contribution in [0, 0.1) is 0 Å². The lowest BCUT2D eigenvalue weighted by Crippen LogP contribution is -2.49. The van der Waals surface area contributed by atoms with Crippen LogP contribution >= 0.6 is 11.6 Å².